The van der Waals surface area contributed by atoms with Gasteiger partial charge in [-0.3, -0.25) is 14.9 Å². The average Bonchev–Trinajstić information content (AvgIpc) is 2.74. The first-order valence-corrected chi connectivity index (χ1v) is 6.89. The van der Waals surface area contributed by atoms with E-state index in [0.29, 0.717) is 16.5 Å². The van der Waals surface area contributed by atoms with E-state index >= 15 is 0 Å². The molecule has 1 aliphatic rings. The van der Waals surface area contributed by atoms with Crippen LogP contribution in [0.1, 0.15) is 19.0 Å². The quantitative estimate of drug-likeness (QED) is 0.695. The molecule has 0 aliphatic carbocycles. The molecule has 2 amide bonds. The molecule has 1 unspecified atom stereocenters. The van der Waals surface area contributed by atoms with Crippen LogP contribution in [0.25, 0.3) is 6.08 Å². The van der Waals surface area contributed by atoms with Crippen LogP contribution >= 0.6 is 11.8 Å². The van der Waals surface area contributed by atoms with Crippen molar-refractivity contribution >= 4 is 34.9 Å². The molecule has 7 nitrogen and oxygen atoms in total. The Hall–Kier alpha value is -1.93. The third-order valence-corrected chi connectivity index (χ3v) is 3.46. The molecule has 2 rings (SSSR count). The Kier molecular flexibility index (Phi) is 4.70. The van der Waals surface area contributed by atoms with Crippen molar-refractivity contribution in [3.05, 3.63) is 22.9 Å². The third kappa shape index (κ3) is 3.55. The lowest BCUT2D eigenvalue weighted by atomic mass is 10.2. The molecule has 3 N–H and O–H groups in total. The number of hydrogen-bond acceptors (Lipinski definition) is 7. The largest absolute Gasteiger partial charge is 0.394 e. The Morgan fingerprint density at radius 2 is 2.35 bits per heavy atom. The van der Waals surface area contributed by atoms with Gasteiger partial charge in [-0.1, -0.05) is 6.92 Å². The second-order valence-corrected chi connectivity index (χ2v) is 5.10. The van der Waals surface area contributed by atoms with Gasteiger partial charge in [0.2, 0.25) is 5.95 Å². The molecular weight excluding hydrogens is 280 g/mol. The van der Waals surface area contributed by atoms with E-state index in [1.54, 1.807) is 12.3 Å². The SMILES string of the molecule is CCC(CO)Nc1nccc(/C=C2/SC(=O)NC2=O)n1. The molecule has 1 aliphatic heterocycles. The fourth-order valence-electron chi connectivity index (χ4n) is 1.54. The van der Waals surface area contributed by atoms with Gasteiger partial charge in [0.15, 0.2) is 0 Å². The van der Waals surface area contributed by atoms with Crippen LogP contribution in [0.15, 0.2) is 17.2 Å². The number of nitrogens with zero attached hydrogens (tertiary/aromatic N) is 2. The molecule has 106 valence electrons. The zero-order valence-corrected chi connectivity index (χ0v) is 11.6. The molecule has 0 saturated carbocycles. The van der Waals surface area contributed by atoms with Crippen LogP contribution in [0.4, 0.5) is 10.7 Å². The van der Waals surface area contributed by atoms with E-state index in [0.717, 1.165) is 18.2 Å². The summed E-state index contributed by atoms with van der Waals surface area (Å²) >= 11 is 0.838. The molecule has 0 aromatic carbocycles. The fourth-order valence-corrected chi connectivity index (χ4v) is 2.20. The highest BCUT2D eigenvalue weighted by molar-refractivity contribution is 8.18. The Balaban J connectivity index is 2.16. The van der Waals surface area contributed by atoms with Crippen molar-refractivity contribution in [2.24, 2.45) is 0 Å². The normalized spacial score (nSPS) is 18.2. The maximum Gasteiger partial charge on any atom is 0.290 e. The van der Waals surface area contributed by atoms with Gasteiger partial charge in [0.25, 0.3) is 11.1 Å². The van der Waals surface area contributed by atoms with Gasteiger partial charge in [-0.25, -0.2) is 9.97 Å². The van der Waals surface area contributed by atoms with E-state index in [1.807, 2.05) is 6.92 Å². The first-order valence-electron chi connectivity index (χ1n) is 6.07. The zero-order chi connectivity index (χ0) is 14.5. The highest BCUT2D eigenvalue weighted by atomic mass is 32.2. The number of thioether (sulfide) groups is 1. The summed E-state index contributed by atoms with van der Waals surface area (Å²) in [7, 11) is 0. The van der Waals surface area contributed by atoms with Crippen LogP contribution in [0, 0.1) is 0 Å². The molecular formula is C12H14N4O3S. The van der Waals surface area contributed by atoms with Crippen molar-refractivity contribution in [3.63, 3.8) is 0 Å². The van der Waals surface area contributed by atoms with E-state index in [-0.39, 0.29) is 17.9 Å². The highest BCUT2D eigenvalue weighted by Gasteiger charge is 2.25. The summed E-state index contributed by atoms with van der Waals surface area (Å²) in [6.07, 6.45) is 3.81. The van der Waals surface area contributed by atoms with Gasteiger partial charge >= 0.3 is 0 Å². The predicted molar refractivity (Wildman–Crippen MR) is 75.9 cm³/mol. The lowest BCUT2D eigenvalue weighted by Gasteiger charge is -2.13. The topological polar surface area (TPSA) is 104 Å². The molecule has 0 spiro atoms. The van der Waals surface area contributed by atoms with Crippen molar-refractivity contribution < 1.29 is 14.7 Å². The molecule has 1 aromatic heterocycles. The fraction of sp³-hybridized carbons (Fsp3) is 0.333. The molecule has 0 radical (unpaired) electrons. The third-order valence-electron chi connectivity index (χ3n) is 2.64. The van der Waals surface area contributed by atoms with Gasteiger partial charge in [0.05, 0.1) is 23.2 Å². The second kappa shape index (κ2) is 6.49. The summed E-state index contributed by atoms with van der Waals surface area (Å²) in [5.74, 6) is -0.0510. The van der Waals surface area contributed by atoms with Crippen LogP contribution in [0.3, 0.4) is 0 Å². The zero-order valence-electron chi connectivity index (χ0n) is 10.8. The van der Waals surface area contributed by atoms with Gasteiger partial charge in [0, 0.05) is 6.20 Å². The van der Waals surface area contributed by atoms with Crippen LogP contribution < -0.4 is 10.6 Å². The number of imide groups is 1. The second-order valence-electron chi connectivity index (χ2n) is 4.09. The van der Waals surface area contributed by atoms with Crippen LogP contribution in [-0.2, 0) is 4.79 Å². The van der Waals surface area contributed by atoms with E-state index in [4.69, 9.17) is 5.11 Å². The highest BCUT2D eigenvalue weighted by Crippen LogP contribution is 2.25. The molecule has 2 heterocycles. The number of carbonyl (C=O) groups excluding carboxylic acids is 2. The summed E-state index contributed by atoms with van der Waals surface area (Å²) in [6, 6.07) is 1.51. The number of nitrogens with one attached hydrogen (secondary N) is 2. The maximum atomic E-state index is 11.4. The Bertz CT molecular complexity index is 557. The van der Waals surface area contributed by atoms with Crippen LogP contribution in [0.2, 0.25) is 0 Å². The molecule has 1 atom stereocenters. The van der Waals surface area contributed by atoms with E-state index < -0.39 is 5.91 Å². The first-order chi connectivity index (χ1) is 9.62. The first kappa shape index (κ1) is 14.5. The molecule has 0 bridgehead atoms. The molecule has 1 aromatic rings. The number of aliphatic hydroxyl groups excluding tert-OH is 1. The average molecular weight is 294 g/mol. The summed E-state index contributed by atoms with van der Waals surface area (Å²) in [4.78, 5) is 31.1. The summed E-state index contributed by atoms with van der Waals surface area (Å²) in [6.45, 7) is 1.92. The van der Waals surface area contributed by atoms with Gasteiger partial charge in [0.1, 0.15) is 0 Å². The summed E-state index contributed by atoms with van der Waals surface area (Å²) in [5, 5.41) is 13.9. The molecule has 1 saturated heterocycles. The number of rotatable bonds is 5. The minimum absolute atomic E-state index is 0.0159. The minimum atomic E-state index is -0.421. The number of hydrogen-bond donors (Lipinski definition) is 3. The smallest absolute Gasteiger partial charge is 0.290 e. The van der Waals surface area contributed by atoms with Crippen LogP contribution in [0.5, 0.6) is 0 Å². The van der Waals surface area contributed by atoms with Crippen molar-refractivity contribution in [1.82, 2.24) is 15.3 Å². The predicted octanol–water partition coefficient (Wildman–Crippen LogP) is 0.983. The van der Waals surface area contributed by atoms with Gasteiger partial charge in [-0.15, -0.1) is 0 Å². The molecule has 20 heavy (non-hydrogen) atoms. The number of anilines is 1. The summed E-state index contributed by atoms with van der Waals surface area (Å²) in [5.41, 5.74) is 0.516. The van der Waals surface area contributed by atoms with Crippen molar-refractivity contribution in [2.45, 2.75) is 19.4 Å². The number of aromatic nitrogens is 2. The monoisotopic (exact) mass is 294 g/mol. The van der Waals surface area contributed by atoms with Gasteiger partial charge in [-0.2, -0.15) is 0 Å². The lowest BCUT2D eigenvalue weighted by Crippen LogP contribution is -2.23. The molecule has 1 fully saturated rings. The Morgan fingerprint density at radius 3 is 2.95 bits per heavy atom. The van der Waals surface area contributed by atoms with Crippen molar-refractivity contribution in [2.75, 3.05) is 11.9 Å². The summed E-state index contributed by atoms with van der Waals surface area (Å²) < 4.78 is 0. The maximum absolute atomic E-state index is 11.4. The number of carbonyl (C=O) groups is 2. The minimum Gasteiger partial charge on any atom is -0.394 e. The van der Waals surface area contributed by atoms with E-state index in [2.05, 4.69) is 20.6 Å². The Morgan fingerprint density at radius 1 is 1.55 bits per heavy atom. The van der Waals surface area contributed by atoms with Crippen LogP contribution in [-0.4, -0.2) is 38.9 Å². The van der Waals surface area contributed by atoms with E-state index in [9.17, 15) is 9.59 Å². The van der Waals surface area contributed by atoms with Crippen molar-refractivity contribution in [1.29, 1.82) is 0 Å². The van der Waals surface area contributed by atoms with E-state index in [1.165, 1.54) is 6.08 Å². The number of aliphatic hydroxyl groups is 1. The van der Waals surface area contributed by atoms with Crippen molar-refractivity contribution in [3.8, 4) is 0 Å². The number of amides is 2. The van der Waals surface area contributed by atoms with Gasteiger partial charge in [-0.05, 0) is 30.3 Å². The Labute approximate surface area is 119 Å². The standard InChI is InChI=1S/C12H14N4O3S/c1-2-7(6-17)14-11-13-4-3-8(15-11)5-9-10(18)16-12(19)20-9/h3-5,7,17H,2,6H2,1H3,(H,13,14,15)(H,16,18,19)/b9-5+. The lowest BCUT2D eigenvalue weighted by molar-refractivity contribution is -0.115. The van der Waals surface area contributed by atoms with Gasteiger partial charge < -0.3 is 10.4 Å². The molecule has 8 heteroatoms.